The van der Waals surface area contributed by atoms with Gasteiger partial charge in [0, 0.05) is 49.6 Å². The van der Waals surface area contributed by atoms with Gasteiger partial charge in [0.2, 0.25) is 0 Å². The highest BCUT2D eigenvalue weighted by molar-refractivity contribution is 5.58. The van der Waals surface area contributed by atoms with Crippen molar-refractivity contribution in [3.8, 4) is 11.3 Å². The fourth-order valence-electron chi connectivity index (χ4n) is 3.75. The number of hydrogen-bond donors (Lipinski definition) is 1. The van der Waals surface area contributed by atoms with E-state index in [1.807, 2.05) is 54.6 Å². The predicted octanol–water partition coefficient (Wildman–Crippen LogP) is 2.75. The number of nitrogens with zero attached hydrogens (tertiary/aromatic N) is 5. The number of aromatic nitrogens is 4. The second-order valence-corrected chi connectivity index (χ2v) is 7.28. The van der Waals surface area contributed by atoms with Gasteiger partial charge in [0.05, 0.1) is 30.4 Å². The van der Waals surface area contributed by atoms with Crippen molar-refractivity contribution in [3.05, 3.63) is 65.9 Å². The largest absolute Gasteiger partial charge is 0.392 e. The molecule has 1 atom stereocenters. The van der Waals surface area contributed by atoms with Crippen LogP contribution in [0.3, 0.4) is 0 Å². The normalized spacial score (nSPS) is 17.9. The van der Waals surface area contributed by atoms with Crippen molar-refractivity contribution in [1.82, 2.24) is 24.6 Å². The Balaban J connectivity index is 1.48. The molecule has 140 valence electrons. The zero-order valence-corrected chi connectivity index (χ0v) is 15.6. The van der Waals surface area contributed by atoms with Crippen molar-refractivity contribution in [2.24, 2.45) is 7.05 Å². The molecule has 0 saturated carbocycles. The molecule has 0 unspecified atom stereocenters. The van der Waals surface area contributed by atoms with Crippen LogP contribution in [0.15, 0.2) is 49.1 Å². The van der Waals surface area contributed by atoms with E-state index in [0.29, 0.717) is 5.92 Å². The van der Waals surface area contributed by atoms with Gasteiger partial charge in [-0.1, -0.05) is 24.3 Å². The number of aliphatic hydroxyl groups is 1. The first-order valence-corrected chi connectivity index (χ1v) is 9.43. The van der Waals surface area contributed by atoms with Crippen molar-refractivity contribution >= 4 is 0 Å². The predicted molar refractivity (Wildman–Crippen MR) is 104 cm³/mol. The topological polar surface area (TPSA) is 67.1 Å². The summed E-state index contributed by atoms with van der Waals surface area (Å²) < 4.78 is 1.85. The second-order valence-electron chi connectivity index (χ2n) is 7.28. The first-order chi connectivity index (χ1) is 13.2. The van der Waals surface area contributed by atoms with E-state index in [-0.39, 0.29) is 6.61 Å². The minimum atomic E-state index is 0.0564. The molecule has 1 aliphatic rings. The molecular formula is C21H25N5O. The lowest BCUT2D eigenvalue weighted by Crippen LogP contribution is -2.34. The maximum atomic E-state index is 9.21. The molecule has 27 heavy (non-hydrogen) atoms. The molecule has 2 aromatic heterocycles. The van der Waals surface area contributed by atoms with Crippen LogP contribution in [0, 0.1) is 0 Å². The van der Waals surface area contributed by atoms with Gasteiger partial charge in [-0.15, -0.1) is 0 Å². The molecule has 1 N–H and O–H groups in total. The van der Waals surface area contributed by atoms with Crippen LogP contribution in [0.1, 0.15) is 35.6 Å². The summed E-state index contributed by atoms with van der Waals surface area (Å²) in [6.07, 6.45) is 10.1. The SMILES string of the molecule is Cn1cc(CN2CCC[C@H](c3cncc(-c4ccc(CO)cc4)n3)C2)cn1. The van der Waals surface area contributed by atoms with Gasteiger partial charge in [0.25, 0.3) is 0 Å². The van der Waals surface area contributed by atoms with Crippen molar-refractivity contribution < 1.29 is 5.11 Å². The van der Waals surface area contributed by atoms with Crippen LogP contribution in [-0.4, -0.2) is 42.8 Å². The molecule has 1 aliphatic heterocycles. The van der Waals surface area contributed by atoms with Crippen LogP contribution in [-0.2, 0) is 20.2 Å². The quantitative estimate of drug-likeness (QED) is 0.755. The first-order valence-electron chi connectivity index (χ1n) is 9.43. The molecular weight excluding hydrogens is 338 g/mol. The number of rotatable bonds is 5. The molecule has 6 heteroatoms. The average Bonchev–Trinajstić information content (AvgIpc) is 3.13. The molecule has 3 aromatic rings. The van der Waals surface area contributed by atoms with E-state index in [1.54, 1.807) is 0 Å². The third-order valence-electron chi connectivity index (χ3n) is 5.17. The van der Waals surface area contributed by atoms with E-state index < -0.39 is 0 Å². The molecule has 3 heterocycles. The minimum absolute atomic E-state index is 0.0564. The lowest BCUT2D eigenvalue weighted by Gasteiger charge is -2.32. The van der Waals surface area contributed by atoms with Crippen molar-refractivity contribution in [1.29, 1.82) is 0 Å². The van der Waals surface area contributed by atoms with E-state index in [0.717, 1.165) is 48.6 Å². The molecule has 1 aromatic carbocycles. The Morgan fingerprint density at radius 1 is 1.11 bits per heavy atom. The van der Waals surface area contributed by atoms with E-state index in [2.05, 4.69) is 21.2 Å². The molecule has 0 spiro atoms. The average molecular weight is 363 g/mol. The molecule has 0 bridgehead atoms. The molecule has 0 aliphatic carbocycles. The van der Waals surface area contributed by atoms with E-state index in [9.17, 15) is 5.11 Å². The van der Waals surface area contributed by atoms with Crippen molar-refractivity contribution in [2.75, 3.05) is 13.1 Å². The maximum absolute atomic E-state index is 9.21. The maximum Gasteiger partial charge on any atom is 0.0888 e. The van der Waals surface area contributed by atoms with Gasteiger partial charge in [-0.05, 0) is 24.9 Å². The Kier molecular flexibility index (Phi) is 5.27. The van der Waals surface area contributed by atoms with Gasteiger partial charge < -0.3 is 5.11 Å². The van der Waals surface area contributed by atoms with Gasteiger partial charge in [-0.2, -0.15) is 5.10 Å². The smallest absolute Gasteiger partial charge is 0.0888 e. The number of hydrogen-bond acceptors (Lipinski definition) is 5. The highest BCUT2D eigenvalue weighted by atomic mass is 16.3. The summed E-state index contributed by atoms with van der Waals surface area (Å²) in [5.74, 6) is 0.402. The fraction of sp³-hybridized carbons (Fsp3) is 0.381. The molecule has 1 saturated heterocycles. The summed E-state index contributed by atoms with van der Waals surface area (Å²) in [4.78, 5) is 11.8. The molecule has 0 amide bonds. The van der Waals surface area contributed by atoms with Gasteiger partial charge in [0.1, 0.15) is 0 Å². The summed E-state index contributed by atoms with van der Waals surface area (Å²) in [6.45, 7) is 3.10. The van der Waals surface area contributed by atoms with Crippen LogP contribution in [0.2, 0.25) is 0 Å². The summed E-state index contributed by atoms with van der Waals surface area (Å²) in [5.41, 5.74) is 5.14. The van der Waals surface area contributed by atoms with Gasteiger partial charge >= 0.3 is 0 Å². The monoisotopic (exact) mass is 363 g/mol. The summed E-state index contributed by atoms with van der Waals surface area (Å²) in [6, 6.07) is 7.85. The van der Waals surface area contributed by atoms with E-state index in [1.165, 1.54) is 12.0 Å². The third kappa shape index (κ3) is 4.23. The Hall–Kier alpha value is -2.57. The molecule has 1 fully saturated rings. The highest BCUT2D eigenvalue weighted by Gasteiger charge is 2.23. The number of likely N-dealkylation sites (tertiary alicyclic amines) is 1. The molecule has 0 radical (unpaired) electrons. The summed E-state index contributed by atoms with van der Waals surface area (Å²) in [7, 11) is 1.96. The van der Waals surface area contributed by atoms with Crippen molar-refractivity contribution in [2.45, 2.75) is 31.9 Å². The third-order valence-corrected chi connectivity index (χ3v) is 5.17. The van der Waals surface area contributed by atoms with Gasteiger partial charge in [0.15, 0.2) is 0 Å². The molecule has 6 nitrogen and oxygen atoms in total. The van der Waals surface area contributed by atoms with Crippen LogP contribution in [0.4, 0.5) is 0 Å². The van der Waals surface area contributed by atoms with Crippen LogP contribution >= 0.6 is 0 Å². The van der Waals surface area contributed by atoms with Crippen LogP contribution in [0.5, 0.6) is 0 Å². The van der Waals surface area contributed by atoms with E-state index in [4.69, 9.17) is 4.98 Å². The summed E-state index contributed by atoms with van der Waals surface area (Å²) >= 11 is 0. The van der Waals surface area contributed by atoms with Crippen LogP contribution in [0.25, 0.3) is 11.3 Å². The minimum Gasteiger partial charge on any atom is -0.392 e. The van der Waals surface area contributed by atoms with Crippen LogP contribution < -0.4 is 0 Å². The molecule has 4 rings (SSSR count). The lowest BCUT2D eigenvalue weighted by atomic mass is 9.94. The Morgan fingerprint density at radius 2 is 1.96 bits per heavy atom. The lowest BCUT2D eigenvalue weighted by molar-refractivity contribution is 0.198. The second kappa shape index (κ2) is 7.98. The standard InChI is InChI=1S/C21H25N5O/c1-25-12-17(9-23-25)13-26-8-2-3-19(14-26)21-11-22-10-20(24-21)18-6-4-16(15-27)5-7-18/h4-7,9-12,19,27H,2-3,8,13-15H2,1H3/t19-/m0/s1. The van der Waals surface area contributed by atoms with Gasteiger partial charge in [-0.3, -0.25) is 14.6 Å². The number of aliphatic hydroxyl groups excluding tert-OH is 1. The number of piperidine rings is 1. The van der Waals surface area contributed by atoms with Gasteiger partial charge in [-0.25, -0.2) is 4.98 Å². The Bertz CT molecular complexity index is 890. The fourth-order valence-corrected chi connectivity index (χ4v) is 3.75. The zero-order chi connectivity index (χ0) is 18.6. The first kappa shape index (κ1) is 17.8. The Morgan fingerprint density at radius 3 is 2.70 bits per heavy atom. The number of aryl methyl sites for hydroxylation is 1. The Labute approximate surface area is 159 Å². The highest BCUT2D eigenvalue weighted by Crippen LogP contribution is 2.28. The summed E-state index contributed by atoms with van der Waals surface area (Å²) in [5, 5.41) is 13.5. The van der Waals surface area contributed by atoms with Crippen molar-refractivity contribution in [3.63, 3.8) is 0 Å². The number of benzene rings is 1. The zero-order valence-electron chi connectivity index (χ0n) is 15.6. The van der Waals surface area contributed by atoms with E-state index >= 15 is 0 Å².